The Morgan fingerprint density at radius 1 is 1.10 bits per heavy atom. The van der Waals surface area contributed by atoms with Crippen molar-refractivity contribution < 1.29 is 39.3 Å². The maximum Gasteiger partial charge on any atom is 0.323 e. The minimum Gasteiger partial charge on any atom is -0.480 e. The van der Waals surface area contributed by atoms with E-state index in [9.17, 15) is 29.1 Å². The Morgan fingerprint density at radius 3 is 2.32 bits per heavy atom. The molecule has 0 spiro atoms. The molecule has 3 atom stereocenters. The molecule has 0 radical (unpaired) electrons. The smallest absolute Gasteiger partial charge is 0.323 e. The van der Waals surface area contributed by atoms with Crippen molar-refractivity contribution in [2.75, 3.05) is 18.8 Å². The van der Waals surface area contributed by atoms with E-state index < -0.39 is 48.5 Å². The first-order valence-electron chi connectivity index (χ1n) is 9.81. The van der Waals surface area contributed by atoms with Crippen LogP contribution in [0.1, 0.15) is 38.5 Å². The third kappa shape index (κ3) is 13.5. The first-order chi connectivity index (χ1) is 14.6. The molecule has 11 nitrogen and oxygen atoms in total. The second-order valence-corrected chi connectivity index (χ2v) is 7.24. The SMILES string of the molecule is NC(CCC(=O)NC(CS)C(=O)N(CCCCCC(O)C=CC=O)CC(=O)O)C(=O)O. The number of nitrogens with two attached hydrogens (primary N) is 1. The number of allylic oxidation sites excluding steroid dienone is 1. The molecular formula is C19H31N3O8S. The summed E-state index contributed by atoms with van der Waals surface area (Å²) in [6.45, 7) is -0.414. The molecule has 0 aromatic rings. The van der Waals surface area contributed by atoms with Crippen LogP contribution in [0.15, 0.2) is 12.2 Å². The number of carboxylic acid groups (broad SMARTS) is 2. The summed E-state index contributed by atoms with van der Waals surface area (Å²) in [5.74, 6) is -3.71. The van der Waals surface area contributed by atoms with E-state index in [-0.39, 0.29) is 25.1 Å². The standard InChI is InChI=1S/C19H31N3O8S/c20-14(19(29)30)7-8-16(25)21-15(12-31)18(28)22(11-17(26)27)9-3-1-2-5-13(24)6-4-10-23/h4,6,10,13-15,24,31H,1-3,5,7-9,11-12,20H2,(H,21,25)(H,26,27)(H,29,30). The van der Waals surface area contributed by atoms with Crippen LogP contribution in [0.2, 0.25) is 0 Å². The third-order valence-corrected chi connectivity index (χ3v) is 4.66. The third-order valence-electron chi connectivity index (χ3n) is 4.29. The van der Waals surface area contributed by atoms with Gasteiger partial charge in [-0.3, -0.25) is 24.0 Å². The molecule has 2 amide bonds. The number of nitrogens with one attached hydrogen (secondary N) is 1. The molecule has 176 valence electrons. The molecule has 0 aliphatic heterocycles. The number of carbonyl (C=O) groups is 5. The van der Waals surface area contributed by atoms with Gasteiger partial charge in [0, 0.05) is 18.7 Å². The number of carboxylic acids is 2. The van der Waals surface area contributed by atoms with Gasteiger partial charge in [0.1, 0.15) is 24.9 Å². The van der Waals surface area contributed by atoms with Crippen LogP contribution in [-0.4, -0.2) is 87.3 Å². The highest BCUT2D eigenvalue weighted by molar-refractivity contribution is 7.80. The summed E-state index contributed by atoms with van der Waals surface area (Å²) in [6.07, 6.45) is 4.20. The number of thiol groups is 1. The summed E-state index contributed by atoms with van der Waals surface area (Å²) in [7, 11) is 0. The van der Waals surface area contributed by atoms with Crippen LogP contribution in [0, 0.1) is 0 Å². The van der Waals surface area contributed by atoms with Crippen molar-refractivity contribution in [2.24, 2.45) is 5.73 Å². The van der Waals surface area contributed by atoms with E-state index in [1.165, 1.54) is 12.2 Å². The lowest BCUT2D eigenvalue weighted by atomic mass is 10.1. The van der Waals surface area contributed by atoms with Crippen LogP contribution in [-0.2, 0) is 24.0 Å². The van der Waals surface area contributed by atoms with Crippen LogP contribution in [0.25, 0.3) is 0 Å². The molecule has 6 N–H and O–H groups in total. The van der Waals surface area contributed by atoms with E-state index in [1.807, 2.05) is 0 Å². The van der Waals surface area contributed by atoms with E-state index >= 15 is 0 Å². The van der Waals surface area contributed by atoms with Gasteiger partial charge in [0.15, 0.2) is 0 Å². The zero-order valence-corrected chi connectivity index (χ0v) is 18.1. The number of hydrogen-bond donors (Lipinski definition) is 6. The van der Waals surface area contributed by atoms with E-state index in [0.717, 1.165) is 4.90 Å². The van der Waals surface area contributed by atoms with Gasteiger partial charge in [-0.1, -0.05) is 18.9 Å². The highest BCUT2D eigenvalue weighted by atomic mass is 32.1. The lowest BCUT2D eigenvalue weighted by molar-refractivity contribution is -0.145. The Balaban J connectivity index is 4.68. The number of unbranched alkanes of at least 4 members (excludes halogenated alkanes) is 2. The van der Waals surface area contributed by atoms with Crippen molar-refractivity contribution in [1.82, 2.24) is 10.2 Å². The number of aliphatic carboxylic acids is 2. The molecule has 0 aromatic heterocycles. The summed E-state index contributed by atoms with van der Waals surface area (Å²) in [6, 6.07) is -2.27. The highest BCUT2D eigenvalue weighted by Crippen LogP contribution is 2.08. The maximum absolute atomic E-state index is 12.7. The minimum absolute atomic E-state index is 0.0685. The fraction of sp³-hybridized carbons (Fsp3) is 0.632. The Labute approximate surface area is 186 Å². The van der Waals surface area contributed by atoms with E-state index in [2.05, 4.69) is 17.9 Å². The molecule has 0 saturated heterocycles. The first kappa shape index (κ1) is 28.6. The van der Waals surface area contributed by atoms with Crippen molar-refractivity contribution >= 4 is 42.7 Å². The Morgan fingerprint density at radius 2 is 1.77 bits per heavy atom. The van der Waals surface area contributed by atoms with Gasteiger partial charge in [0.2, 0.25) is 11.8 Å². The Bertz CT molecular complexity index is 644. The van der Waals surface area contributed by atoms with Gasteiger partial charge < -0.3 is 31.3 Å². The summed E-state index contributed by atoms with van der Waals surface area (Å²) in [5, 5.41) is 29.9. The molecule has 0 aromatic carbocycles. The summed E-state index contributed by atoms with van der Waals surface area (Å²) >= 11 is 4.04. The molecule has 0 aliphatic carbocycles. The van der Waals surface area contributed by atoms with Crippen LogP contribution in [0.3, 0.4) is 0 Å². The van der Waals surface area contributed by atoms with Crippen LogP contribution in [0.5, 0.6) is 0 Å². The van der Waals surface area contributed by atoms with E-state index in [1.54, 1.807) is 0 Å². The normalized spacial score (nSPS) is 13.9. The summed E-state index contributed by atoms with van der Waals surface area (Å²) in [5.41, 5.74) is 5.34. The average molecular weight is 462 g/mol. The molecule has 31 heavy (non-hydrogen) atoms. The average Bonchev–Trinajstić information content (AvgIpc) is 2.72. The van der Waals surface area contributed by atoms with Crippen LogP contribution in [0.4, 0.5) is 0 Å². The number of aliphatic hydroxyl groups is 1. The van der Waals surface area contributed by atoms with Gasteiger partial charge in [-0.05, 0) is 25.3 Å². The molecule has 0 rings (SSSR count). The molecule has 0 bridgehead atoms. The molecule has 0 aliphatic rings. The largest absolute Gasteiger partial charge is 0.480 e. The lowest BCUT2D eigenvalue weighted by Crippen LogP contribution is -2.51. The molecular weight excluding hydrogens is 430 g/mol. The highest BCUT2D eigenvalue weighted by Gasteiger charge is 2.26. The van der Waals surface area contributed by atoms with Crippen LogP contribution >= 0.6 is 12.6 Å². The molecule has 0 heterocycles. The lowest BCUT2D eigenvalue weighted by Gasteiger charge is -2.26. The van der Waals surface area contributed by atoms with E-state index in [0.29, 0.717) is 32.0 Å². The maximum atomic E-state index is 12.7. The fourth-order valence-electron chi connectivity index (χ4n) is 2.62. The second kappa shape index (κ2) is 16.3. The van der Waals surface area contributed by atoms with Crippen molar-refractivity contribution in [3.8, 4) is 0 Å². The molecule has 0 fully saturated rings. The topological polar surface area (TPSA) is 187 Å². The first-order valence-corrected chi connectivity index (χ1v) is 10.4. The van der Waals surface area contributed by atoms with Gasteiger partial charge in [0.25, 0.3) is 0 Å². The van der Waals surface area contributed by atoms with E-state index in [4.69, 9.17) is 15.9 Å². The number of aliphatic hydroxyl groups excluding tert-OH is 1. The number of nitrogens with zero attached hydrogens (tertiary/aromatic N) is 1. The minimum atomic E-state index is -1.24. The van der Waals surface area contributed by atoms with Gasteiger partial charge in [-0.2, -0.15) is 12.6 Å². The predicted molar refractivity (Wildman–Crippen MR) is 115 cm³/mol. The number of carbonyl (C=O) groups excluding carboxylic acids is 3. The van der Waals surface area contributed by atoms with Crippen molar-refractivity contribution in [2.45, 2.75) is 56.7 Å². The van der Waals surface area contributed by atoms with Crippen molar-refractivity contribution in [1.29, 1.82) is 0 Å². The van der Waals surface area contributed by atoms with Gasteiger partial charge in [-0.25, -0.2) is 0 Å². The van der Waals surface area contributed by atoms with Gasteiger partial charge >= 0.3 is 11.9 Å². The number of hydrogen-bond acceptors (Lipinski definition) is 8. The Hall–Kier alpha value is -2.44. The van der Waals surface area contributed by atoms with Gasteiger partial charge in [0.05, 0.1) is 6.10 Å². The number of rotatable bonds is 17. The zero-order valence-electron chi connectivity index (χ0n) is 17.2. The quantitative estimate of drug-likeness (QED) is 0.0696. The molecule has 0 saturated carbocycles. The second-order valence-electron chi connectivity index (χ2n) is 6.88. The number of amides is 2. The van der Waals surface area contributed by atoms with Gasteiger partial charge in [-0.15, -0.1) is 0 Å². The van der Waals surface area contributed by atoms with Crippen molar-refractivity contribution in [3.05, 3.63) is 12.2 Å². The predicted octanol–water partition coefficient (Wildman–Crippen LogP) is -0.817. The molecule has 3 unspecified atom stereocenters. The summed E-state index contributed by atoms with van der Waals surface area (Å²) in [4.78, 5) is 57.8. The van der Waals surface area contributed by atoms with Crippen molar-refractivity contribution in [3.63, 3.8) is 0 Å². The monoisotopic (exact) mass is 461 g/mol. The Kier molecular flexibility index (Phi) is 15.0. The summed E-state index contributed by atoms with van der Waals surface area (Å²) < 4.78 is 0. The van der Waals surface area contributed by atoms with Crippen LogP contribution < -0.4 is 11.1 Å². The number of aldehydes is 1. The zero-order chi connectivity index (χ0) is 23.8. The fourth-order valence-corrected chi connectivity index (χ4v) is 2.86. The molecule has 12 heteroatoms.